The number of pyridine rings is 1. The molecule has 8 heteroatoms. The molecular weight excluding hydrogens is 566 g/mol. The SMILES string of the molecule is COc1cc(-c2ccc(C3CCc4ccc([C@H](C5CC5)[C@H](C)C(=O)[O-])cc4O3)cc2CN2C3CCCC2CC3)c(F)cn1.[Na+]. The Morgan fingerprint density at radius 2 is 1.82 bits per heavy atom. The molecule has 4 aliphatic rings. The van der Waals surface area contributed by atoms with Crippen LogP contribution >= 0.6 is 0 Å². The van der Waals surface area contributed by atoms with Crippen LogP contribution in [0.25, 0.3) is 11.1 Å². The first-order chi connectivity index (χ1) is 20.9. The molecule has 3 unspecified atom stereocenters. The number of carbonyl (C=O) groups excluding carboxylic acids is 1. The van der Waals surface area contributed by atoms with Gasteiger partial charge in [-0.2, -0.15) is 0 Å². The maximum atomic E-state index is 15.2. The van der Waals surface area contributed by atoms with E-state index in [4.69, 9.17) is 9.47 Å². The summed E-state index contributed by atoms with van der Waals surface area (Å²) in [6, 6.07) is 15.5. The number of fused-ring (bicyclic) bond motifs is 3. The summed E-state index contributed by atoms with van der Waals surface area (Å²) in [6.07, 6.45) is 11.2. The predicted molar refractivity (Wildman–Crippen MR) is 160 cm³/mol. The van der Waals surface area contributed by atoms with Crippen molar-refractivity contribution in [2.24, 2.45) is 11.8 Å². The van der Waals surface area contributed by atoms with Crippen LogP contribution in [0.3, 0.4) is 0 Å². The second-order valence-corrected chi connectivity index (χ2v) is 13.1. The Kier molecular flexibility index (Phi) is 9.40. The molecule has 0 radical (unpaired) electrons. The van der Waals surface area contributed by atoms with Crippen molar-refractivity contribution in [1.82, 2.24) is 9.88 Å². The molecule has 5 atom stereocenters. The van der Waals surface area contributed by atoms with Crippen molar-refractivity contribution in [1.29, 1.82) is 0 Å². The van der Waals surface area contributed by atoms with Gasteiger partial charge in [0, 0.05) is 42.1 Å². The first-order valence-corrected chi connectivity index (χ1v) is 16.0. The number of aryl methyl sites for hydroxylation is 1. The zero-order chi connectivity index (χ0) is 29.7. The second kappa shape index (κ2) is 13.1. The fourth-order valence-electron chi connectivity index (χ4n) is 8.02. The number of aliphatic carboxylic acids is 1. The smallest absolute Gasteiger partial charge is 0.550 e. The van der Waals surface area contributed by atoms with Crippen molar-refractivity contribution >= 4 is 5.97 Å². The molecule has 1 aromatic heterocycles. The molecule has 226 valence electrons. The zero-order valence-electron chi connectivity index (χ0n) is 26.1. The van der Waals surface area contributed by atoms with Crippen LogP contribution in [0, 0.1) is 17.7 Å². The van der Waals surface area contributed by atoms with Gasteiger partial charge in [-0.25, -0.2) is 9.37 Å². The summed E-state index contributed by atoms with van der Waals surface area (Å²) in [4.78, 5) is 18.5. The number of hydrogen-bond acceptors (Lipinski definition) is 6. The molecule has 4 heterocycles. The van der Waals surface area contributed by atoms with Crippen LogP contribution in [0.4, 0.5) is 4.39 Å². The monoisotopic (exact) mass is 606 g/mol. The zero-order valence-corrected chi connectivity index (χ0v) is 28.1. The van der Waals surface area contributed by atoms with Crippen LogP contribution in [0.5, 0.6) is 11.6 Å². The number of halogens is 1. The fraction of sp³-hybridized carbons (Fsp3) is 0.500. The van der Waals surface area contributed by atoms with Crippen molar-refractivity contribution in [2.45, 2.75) is 95.4 Å². The van der Waals surface area contributed by atoms with E-state index >= 15 is 4.39 Å². The Hall–Kier alpha value is -2.45. The summed E-state index contributed by atoms with van der Waals surface area (Å²) in [5.74, 6) is -0.332. The Labute approximate surface area is 281 Å². The number of methoxy groups -OCH3 is 1. The van der Waals surface area contributed by atoms with E-state index in [0.717, 1.165) is 65.8 Å². The van der Waals surface area contributed by atoms with Crippen LogP contribution in [0.15, 0.2) is 48.7 Å². The summed E-state index contributed by atoms with van der Waals surface area (Å²) >= 11 is 0. The molecule has 3 aromatic rings. The van der Waals surface area contributed by atoms with Gasteiger partial charge >= 0.3 is 29.6 Å². The van der Waals surface area contributed by atoms with Crippen molar-refractivity contribution in [2.75, 3.05) is 7.11 Å². The normalized spacial score (nSPS) is 24.0. The maximum absolute atomic E-state index is 15.2. The first-order valence-electron chi connectivity index (χ1n) is 16.0. The largest absolute Gasteiger partial charge is 1.00 e. The first kappa shape index (κ1) is 31.5. The van der Waals surface area contributed by atoms with Gasteiger partial charge in [-0.1, -0.05) is 43.7 Å². The summed E-state index contributed by atoms with van der Waals surface area (Å²) in [5.41, 5.74) is 5.74. The van der Waals surface area contributed by atoms with Gasteiger partial charge in [0.05, 0.1) is 13.3 Å². The van der Waals surface area contributed by atoms with Gasteiger partial charge in [-0.05, 0) is 97.1 Å². The fourth-order valence-corrected chi connectivity index (χ4v) is 8.02. The van der Waals surface area contributed by atoms with Crippen molar-refractivity contribution < 1.29 is 53.3 Å². The van der Waals surface area contributed by atoms with Crippen LogP contribution < -0.4 is 44.1 Å². The third kappa shape index (κ3) is 6.18. The second-order valence-electron chi connectivity index (χ2n) is 13.1. The molecule has 1 aliphatic carbocycles. The molecule has 6 nitrogen and oxygen atoms in total. The average molecular weight is 607 g/mol. The average Bonchev–Trinajstić information content (AvgIpc) is 3.83. The topological polar surface area (TPSA) is 74.7 Å². The van der Waals surface area contributed by atoms with E-state index in [0.29, 0.717) is 29.4 Å². The number of hydrogen-bond donors (Lipinski definition) is 0. The Balaban J connectivity index is 0.00000343. The number of carboxylic acid groups (broad SMARTS) is 1. The molecule has 1 saturated carbocycles. The van der Waals surface area contributed by atoms with Gasteiger partial charge < -0.3 is 19.4 Å². The number of carboxylic acids is 1. The number of benzene rings is 2. The third-order valence-corrected chi connectivity index (χ3v) is 10.5. The van der Waals surface area contributed by atoms with Gasteiger partial charge in [-0.3, -0.25) is 4.90 Å². The minimum absolute atomic E-state index is 0. The molecular formula is C36H40FN2NaO4. The molecule has 44 heavy (non-hydrogen) atoms. The molecule has 0 N–H and O–H groups in total. The van der Waals surface area contributed by atoms with Gasteiger partial charge in [0.15, 0.2) is 0 Å². The number of piperidine rings is 1. The van der Waals surface area contributed by atoms with Crippen LogP contribution in [-0.4, -0.2) is 35.0 Å². The Morgan fingerprint density at radius 3 is 2.52 bits per heavy atom. The van der Waals surface area contributed by atoms with Crippen LogP contribution in [0.2, 0.25) is 0 Å². The molecule has 2 aromatic carbocycles. The van der Waals surface area contributed by atoms with Crippen LogP contribution in [-0.2, 0) is 17.8 Å². The van der Waals surface area contributed by atoms with Crippen molar-refractivity contribution in [3.8, 4) is 22.8 Å². The third-order valence-electron chi connectivity index (χ3n) is 10.5. The molecule has 2 saturated heterocycles. The molecule has 0 amide bonds. The summed E-state index contributed by atoms with van der Waals surface area (Å²) in [5, 5.41) is 11.8. The predicted octanol–water partition coefficient (Wildman–Crippen LogP) is 3.36. The van der Waals surface area contributed by atoms with Gasteiger partial charge in [0.2, 0.25) is 5.88 Å². The molecule has 3 fully saturated rings. The van der Waals surface area contributed by atoms with E-state index in [-0.39, 0.29) is 47.4 Å². The number of ether oxygens (including phenoxy) is 2. The number of aromatic nitrogens is 1. The van der Waals surface area contributed by atoms with Gasteiger partial charge in [-0.15, -0.1) is 0 Å². The van der Waals surface area contributed by atoms with E-state index in [2.05, 4.69) is 40.2 Å². The molecule has 2 bridgehead atoms. The minimum Gasteiger partial charge on any atom is -0.550 e. The van der Waals surface area contributed by atoms with E-state index in [1.165, 1.54) is 38.3 Å². The van der Waals surface area contributed by atoms with E-state index in [1.54, 1.807) is 20.1 Å². The summed E-state index contributed by atoms with van der Waals surface area (Å²) in [7, 11) is 1.55. The molecule has 0 spiro atoms. The van der Waals surface area contributed by atoms with Crippen molar-refractivity contribution in [3.05, 3.63) is 76.7 Å². The van der Waals surface area contributed by atoms with E-state index in [1.807, 2.05) is 6.07 Å². The molecule has 3 aliphatic heterocycles. The molecule has 7 rings (SSSR count). The van der Waals surface area contributed by atoms with E-state index < -0.39 is 11.9 Å². The number of nitrogens with zero attached hydrogens (tertiary/aromatic N) is 2. The van der Waals surface area contributed by atoms with Gasteiger partial charge in [0.1, 0.15) is 17.7 Å². The van der Waals surface area contributed by atoms with Crippen molar-refractivity contribution in [3.63, 3.8) is 0 Å². The van der Waals surface area contributed by atoms with E-state index in [9.17, 15) is 9.90 Å². The van der Waals surface area contributed by atoms with Crippen LogP contribution in [0.1, 0.15) is 92.6 Å². The van der Waals surface area contributed by atoms with Gasteiger partial charge in [0.25, 0.3) is 0 Å². The standard InChI is InChI=1S/C36H41FN2O4.Na/c1-21(36(40)41)35(23-7-8-23)25-9-6-22-11-15-32(43-33(22)17-25)24-10-14-29(30-18-34(42-2)38-19-31(30)37)26(16-24)20-39-27-4-3-5-28(39)13-12-27;/h6,9-10,14,16-19,21,23,27-28,32,35H,3-5,7-8,11-13,15,20H2,1-2H3,(H,40,41);/q;+1/p-1/t21-,27?,28?,32?,35-;/m0./s1. The summed E-state index contributed by atoms with van der Waals surface area (Å²) in [6.45, 7) is 2.54. The summed E-state index contributed by atoms with van der Waals surface area (Å²) < 4.78 is 27.2. The maximum Gasteiger partial charge on any atom is 1.00 e. The Bertz CT molecular complexity index is 1510. The Morgan fingerprint density at radius 1 is 1.05 bits per heavy atom. The minimum atomic E-state index is -0.994. The number of carbonyl (C=O) groups is 1. The quantitative estimate of drug-likeness (QED) is 0.348. The number of rotatable bonds is 9.